The number of carbonyl (C=O) groups excluding carboxylic acids is 1. The van der Waals surface area contributed by atoms with Crippen molar-refractivity contribution in [3.8, 4) is 0 Å². The van der Waals surface area contributed by atoms with Crippen LogP contribution in [0.25, 0.3) is 0 Å². The average molecular weight is 346 g/mol. The first-order valence-electron chi connectivity index (χ1n) is 8.46. The summed E-state index contributed by atoms with van der Waals surface area (Å²) in [4.78, 5) is 15.0. The molecule has 2 aliphatic heterocycles. The van der Waals surface area contributed by atoms with Gasteiger partial charge in [0, 0.05) is 25.7 Å². The molecule has 4 heterocycles. The van der Waals surface area contributed by atoms with Crippen molar-refractivity contribution in [1.82, 2.24) is 10.2 Å². The molecular weight excluding hydrogens is 324 g/mol. The highest BCUT2D eigenvalue weighted by molar-refractivity contribution is 7.07. The highest BCUT2D eigenvalue weighted by Crippen LogP contribution is 2.32. The van der Waals surface area contributed by atoms with Gasteiger partial charge in [0.05, 0.1) is 24.8 Å². The summed E-state index contributed by atoms with van der Waals surface area (Å²) in [7, 11) is 0. The first-order valence-corrected chi connectivity index (χ1v) is 9.40. The molecule has 2 fully saturated rings. The molecule has 0 unspecified atom stereocenters. The van der Waals surface area contributed by atoms with E-state index in [9.17, 15) is 4.79 Å². The molecule has 0 saturated carbocycles. The number of ether oxygens (including phenoxy) is 1. The maximum Gasteiger partial charge on any atom is 0.224 e. The van der Waals surface area contributed by atoms with Crippen LogP contribution in [0.1, 0.15) is 24.2 Å². The number of rotatable bonds is 5. The van der Waals surface area contributed by atoms with Crippen molar-refractivity contribution in [2.45, 2.75) is 38.1 Å². The quantitative estimate of drug-likeness (QED) is 0.904. The van der Waals surface area contributed by atoms with Gasteiger partial charge in [-0.2, -0.15) is 11.3 Å². The maximum absolute atomic E-state index is 12.6. The third-order valence-electron chi connectivity index (χ3n) is 4.97. The molecule has 2 aromatic rings. The Kier molecular flexibility index (Phi) is 4.69. The van der Waals surface area contributed by atoms with Crippen molar-refractivity contribution in [2.24, 2.45) is 5.92 Å². The van der Waals surface area contributed by atoms with Crippen LogP contribution in [0.15, 0.2) is 39.6 Å². The Labute approximate surface area is 145 Å². The number of thiophene rings is 1. The number of nitrogens with one attached hydrogen (secondary N) is 1. The number of hydrogen-bond donors (Lipinski definition) is 1. The first-order chi connectivity index (χ1) is 11.8. The first kappa shape index (κ1) is 15.9. The van der Waals surface area contributed by atoms with E-state index in [1.807, 2.05) is 12.1 Å². The fourth-order valence-electron chi connectivity index (χ4n) is 3.77. The van der Waals surface area contributed by atoms with Crippen LogP contribution < -0.4 is 5.32 Å². The molecular formula is C18H22N2O3S. The van der Waals surface area contributed by atoms with E-state index in [0.717, 1.165) is 38.3 Å². The predicted octanol–water partition coefficient (Wildman–Crippen LogP) is 2.64. The van der Waals surface area contributed by atoms with E-state index in [-0.39, 0.29) is 17.9 Å². The van der Waals surface area contributed by atoms with Crippen molar-refractivity contribution >= 4 is 17.2 Å². The van der Waals surface area contributed by atoms with Gasteiger partial charge < -0.3 is 14.5 Å². The molecule has 3 atom stereocenters. The van der Waals surface area contributed by atoms with Gasteiger partial charge in [-0.3, -0.25) is 9.69 Å². The third-order valence-corrected chi connectivity index (χ3v) is 5.70. The summed E-state index contributed by atoms with van der Waals surface area (Å²) in [6, 6.07) is 6.32. The zero-order valence-corrected chi connectivity index (χ0v) is 14.3. The van der Waals surface area contributed by atoms with Gasteiger partial charge >= 0.3 is 0 Å². The Morgan fingerprint density at radius 3 is 3.17 bits per heavy atom. The normalized spacial score (nSPS) is 27.1. The van der Waals surface area contributed by atoms with E-state index in [2.05, 4.69) is 27.0 Å². The molecule has 0 radical (unpaired) electrons. The Balaban J connectivity index is 1.40. The van der Waals surface area contributed by atoms with Crippen molar-refractivity contribution in [3.63, 3.8) is 0 Å². The fourth-order valence-corrected chi connectivity index (χ4v) is 4.43. The molecule has 0 aliphatic carbocycles. The number of likely N-dealkylation sites (tertiary alicyclic amines) is 1. The van der Waals surface area contributed by atoms with E-state index in [1.165, 1.54) is 5.56 Å². The third kappa shape index (κ3) is 3.41. The Morgan fingerprint density at radius 1 is 1.42 bits per heavy atom. The summed E-state index contributed by atoms with van der Waals surface area (Å²) in [6.45, 7) is 2.94. The number of hydrogen-bond acceptors (Lipinski definition) is 5. The molecule has 1 N–H and O–H groups in total. The summed E-state index contributed by atoms with van der Waals surface area (Å²) in [5.74, 6) is 0.845. The van der Waals surface area contributed by atoms with Gasteiger partial charge in [-0.1, -0.05) is 0 Å². The lowest BCUT2D eigenvalue weighted by Crippen LogP contribution is -2.52. The minimum absolute atomic E-state index is 0.0297. The van der Waals surface area contributed by atoms with Crippen LogP contribution >= 0.6 is 11.3 Å². The smallest absolute Gasteiger partial charge is 0.224 e. The zero-order chi connectivity index (χ0) is 16.4. The number of fused-ring (bicyclic) bond motifs is 1. The second kappa shape index (κ2) is 7.09. The second-order valence-corrected chi connectivity index (χ2v) is 7.34. The number of piperidine rings is 1. The van der Waals surface area contributed by atoms with Crippen LogP contribution in [-0.4, -0.2) is 36.1 Å². The summed E-state index contributed by atoms with van der Waals surface area (Å²) >= 11 is 1.72. The highest BCUT2D eigenvalue weighted by Gasteiger charge is 2.42. The van der Waals surface area contributed by atoms with Gasteiger partial charge in [-0.15, -0.1) is 0 Å². The number of furan rings is 1. The van der Waals surface area contributed by atoms with Gasteiger partial charge in [-0.25, -0.2) is 0 Å². The van der Waals surface area contributed by atoms with Gasteiger partial charge in [0.1, 0.15) is 5.76 Å². The molecule has 2 aliphatic rings. The van der Waals surface area contributed by atoms with Crippen LogP contribution in [0, 0.1) is 5.92 Å². The highest BCUT2D eigenvalue weighted by atomic mass is 32.1. The van der Waals surface area contributed by atoms with Gasteiger partial charge in [-0.05, 0) is 47.4 Å². The Bertz CT molecular complexity index is 656. The van der Waals surface area contributed by atoms with Gasteiger partial charge in [0.15, 0.2) is 0 Å². The topological polar surface area (TPSA) is 54.7 Å². The maximum atomic E-state index is 12.6. The van der Waals surface area contributed by atoms with Crippen LogP contribution in [0.4, 0.5) is 0 Å². The van der Waals surface area contributed by atoms with Crippen LogP contribution in [-0.2, 0) is 22.6 Å². The summed E-state index contributed by atoms with van der Waals surface area (Å²) in [5.41, 5.74) is 1.32. The van der Waals surface area contributed by atoms with E-state index in [4.69, 9.17) is 9.15 Å². The lowest BCUT2D eigenvalue weighted by atomic mass is 9.89. The van der Waals surface area contributed by atoms with E-state index < -0.39 is 0 Å². The van der Waals surface area contributed by atoms with Gasteiger partial charge in [0.25, 0.3) is 0 Å². The molecule has 0 bridgehead atoms. The van der Waals surface area contributed by atoms with Crippen molar-refractivity contribution < 1.29 is 13.9 Å². The lowest BCUT2D eigenvalue weighted by molar-refractivity contribution is -0.130. The van der Waals surface area contributed by atoms with Crippen molar-refractivity contribution in [3.05, 3.63) is 46.5 Å². The monoisotopic (exact) mass is 346 g/mol. The van der Waals surface area contributed by atoms with Crippen LogP contribution in [0.2, 0.25) is 0 Å². The zero-order valence-electron chi connectivity index (χ0n) is 13.5. The predicted molar refractivity (Wildman–Crippen MR) is 91.5 cm³/mol. The molecule has 0 aromatic carbocycles. The molecule has 2 aromatic heterocycles. The Morgan fingerprint density at radius 2 is 2.38 bits per heavy atom. The summed E-state index contributed by atoms with van der Waals surface area (Å²) < 4.78 is 11.2. The molecule has 0 spiro atoms. The minimum Gasteiger partial charge on any atom is -0.467 e. The van der Waals surface area contributed by atoms with E-state index in [0.29, 0.717) is 12.6 Å². The molecule has 1 amide bonds. The number of carbonyl (C=O) groups is 1. The fraction of sp³-hybridized carbons (Fsp3) is 0.500. The molecule has 24 heavy (non-hydrogen) atoms. The number of nitrogens with zero attached hydrogens (tertiary/aromatic N) is 1. The largest absolute Gasteiger partial charge is 0.467 e. The molecule has 5 nitrogen and oxygen atoms in total. The molecule has 2 saturated heterocycles. The number of amides is 1. The molecule has 4 rings (SSSR count). The van der Waals surface area contributed by atoms with Crippen molar-refractivity contribution in [2.75, 3.05) is 13.2 Å². The van der Waals surface area contributed by atoms with Crippen LogP contribution in [0.3, 0.4) is 0 Å². The SMILES string of the molecule is O=C(NCc1ccco1)[C@H]1C[C@H]2OCC[C@H]2N(Cc2ccsc2)C1. The summed E-state index contributed by atoms with van der Waals surface area (Å²) in [6.07, 6.45) is 3.68. The van der Waals surface area contributed by atoms with E-state index >= 15 is 0 Å². The Hall–Kier alpha value is -1.63. The average Bonchev–Trinajstić information content (AvgIpc) is 3.33. The van der Waals surface area contributed by atoms with E-state index in [1.54, 1.807) is 17.6 Å². The van der Waals surface area contributed by atoms with Gasteiger partial charge in [0.2, 0.25) is 5.91 Å². The van der Waals surface area contributed by atoms with Crippen molar-refractivity contribution in [1.29, 1.82) is 0 Å². The minimum atomic E-state index is -0.0297. The second-order valence-electron chi connectivity index (χ2n) is 6.56. The summed E-state index contributed by atoms with van der Waals surface area (Å²) in [5, 5.41) is 7.29. The van der Waals surface area contributed by atoms with Crippen LogP contribution in [0.5, 0.6) is 0 Å². The molecule has 128 valence electrons. The lowest BCUT2D eigenvalue weighted by Gasteiger charge is -2.40. The molecule has 6 heteroatoms. The standard InChI is InChI=1S/C18H22N2O3S/c21-18(19-9-15-2-1-5-22-15)14-8-17-16(3-6-23-17)20(11-14)10-13-4-7-24-12-13/h1-2,4-5,7,12,14,16-17H,3,6,8-11H2,(H,19,21)/t14-,16+,17+/m0/s1.